The van der Waals surface area contributed by atoms with Crippen LogP contribution in [0.2, 0.25) is 0 Å². The van der Waals surface area contributed by atoms with Crippen molar-refractivity contribution in [3.8, 4) is 0 Å². The fourth-order valence-electron chi connectivity index (χ4n) is 1.74. The fraction of sp³-hybridized carbons (Fsp3) is 0.250. The number of carbonyl (C=O) groups is 2. The molecule has 2 aromatic rings. The molecule has 1 unspecified atom stereocenters. The van der Waals surface area contributed by atoms with Crippen LogP contribution in [0.5, 0.6) is 0 Å². The summed E-state index contributed by atoms with van der Waals surface area (Å²) in [6.07, 6.45) is 0.179. The summed E-state index contributed by atoms with van der Waals surface area (Å²) in [5.41, 5.74) is 0.728. The summed E-state index contributed by atoms with van der Waals surface area (Å²) >= 11 is 0. The molecule has 1 aromatic carbocycles. The molecule has 1 atom stereocenters. The van der Waals surface area contributed by atoms with E-state index in [1.807, 2.05) is 0 Å². The predicted octanol–water partition coefficient (Wildman–Crippen LogP) is 0.531. The molecule has 0 aliphatic carbocycles. The van der Waals surface area contributed by atoms with E-state index in [-0.39, 0.29) is 12.1 Å². The number of nitrogens with one attached hydrogen (secondary N) is 2. The Morgan fingerprint density at radius 1 is 1.55 bits per heavy atom. The van der Waals surface area contributed by atoms with Gasteiger partial charge in [0.25, 0.3) is 5.91 Å². The van der Waals surface area contributed by atoms with Gasteiger partial charge in [0, 0.05) is 7.11 Å². The minimum Gasteiger partial charge on any atom is -0.479 e. The van der Waals surface area contributed by atoms with Crippen molar-refractivity contribution >= 4 is 22.9 Å². The second kappa shape index (κ2) is 5.66. The molecule has 0 bridgehead atoms. The topological polar surface area (TPSA) is 104 Å². The summed E-state index contributed by atoms with van der Waals surface area (Å²) in [6, 6.07) is 2.26. The van der Waals surface area contributed by atoms with Crippen LogP contribution in [0.4, 0.5) is 4.39 Å². The molecule has 0 saturated heterocycles. The van der Waals surface area contributed by atoms with Crippen LogP contribution in [0.1, 0.15) is 10.4 Å². The van der Waals surface area contributed by atoms with Crippen LogP contribution in [0.3, 0.4) is 0 Å². The van der Waals surface area contributed by atoms with Crippen LogP contribution in [0.25, 0.3) is 11.0 Å². The number of methoxy groups -OCH3 is 1. The van der Waals surface area contributed by atoms with E-state index in [2.05, 4.69) is 20.0 Å². The lowest BCUT2D eigenvalue weighted by molar-refractivity contribution is -0.148. The molecule has 0 spiro atoms. The third kappa shape index (κ3) is 2.75. The number of imidazole rings is 1. The summed E-state index contributed by atoms with van der Waals surface area (Å²) < 4.78 is 18.1. The zero-order valence-electron chi connectivity index (χ0n) is 10.5. The SMILES string of the molecule is COC(CNC(=O)c1cc(F)cc2[nH]cnc12)C(=O)O. The van der Waals surface area contributed by atoms with Gasteiger partial charge in [0.05, 0.1) is 24.0 Å². The number of hydrogen-bond donors (Lipinski definition) is 3. The lowest BCUT2D eigenvalue weighted by atomic mass is 10.1. The fourth-order valence-corrected chi connectivity index (χ4v) is 1.74. The molecule has 0 radical (unpaired) electrons. The summed E-state index contributed by atoms with van der Waals surface area (Å²) in [4.78, 5) is 29.4. The van der Waals surface area contributed by atoms with Crippen molar-refractivity contribution in [2.75, 3.05) is 13.7 Å². The van der Waals surface area contributed by atoms with E-state index in [4.69, 9.17) is 5.11 Å². The van der Waals surface area contributed by atoms with Gasteiger partial charge in [-0.15, -0.1) is 0 Å². The molecule has 8 heteroatoms. The van der Waals surface area contributed by atoms with Gasteiger partial charge in [-0.2, -0.15) is 0 Å². The maximum atomic E-state index is 13.4. The average Bonchev–Trinajstić information content (AvgIpc) is 2.85. The Hall–Kier alpha value is -2.48. The Labute approximate surface area is 112 Å². The van der Waals surface area contributed by atoms with E-state index in [1.54, 1.807) is 0 Å². The van der Waals surface area contributed by atoms with E-state index >= 15 is 0 Å². The van der Waals surface area contributed by atoms with Crippen LogP contribution in [-0.2, 0) is 9.53 Å². The first-order chi connectivity index (χ1) is 9.52. The van der Waals surface area contributed by atoms with Gasteiger partial charge in [-0.3, -0.25) is 4.79 Å². The summed E-state index contributed by atoms with van der Waals surface area (Å²) in [7, 11) is 1.22. The Kier molecular flexibility index (Phi) is 3.94. The first-order valence-corrected chi connectivity index (χ1v) is 5.69. The molecule has 2 rings (SSSR count). The lowest BCUT2D eigenvalue weighted by Crippen LogP contribution is -2.37. The molecule has 0 fully saturated rings. The highest BCUT2D eigenvalue weighted by atomic mass is 19.1. The third-order valence-electron chi connectivity index (χ3n) is 2.74. The van der Waals surface area contributed by atoms with E-state index in [9.17, 15) is 14.0 Å². The molecule has 1 aromatic heterocycles. The normalized spacial score (nSPS) is 12.3. The predicted molar refractivity (Wildman–Crippen MR) is 66.8 cm³/mol. The number of fused-ring (bicyclic) bond motifs is 1. The van der Waals surface area contributed by atoms with Crippen LogP contribution in [0.15, 0.2) is 18.5 Å². The maximum absolute atomic E-state index is 13.4. The Balaban J connectivity index is 2.19. The van der Waals surface area contributed by atoms with Crippen LogP contribution in [-0.4, -0.2) is 46.7 Å². The van der Waals surface area contributed by atoms with E-state index < -0.39 is 23.8 Å². The van der Waals surface area contributed by atoms with Crippen molar-refractivity contribution in [1.29, 1.82) is 0 Å². The first kappa shape index (κ1) is 13.9. The monoisotopic (exact) mass is 281 g/mol. The molecular weight excluding hydrogens is 269 g/mol. The number of carboxylic acid groups (broad SMARTS) is 1. The molecule has 20 heavy (non-hydrogen) atoms. The third-order valence-corrected chi connectivity index (χ3v) is 2.74. The number of hydrogen-bond acceptors (Lipinski definition) is 4. The zero-order valence-corrected chi connectivity index (χ0v) is 10.5. The number of aromatic nitrogens is 2. The second-order valence-electron chi connectivity index (χ2n) is 4.02. The highest BCUT2D eigenvalue weighted by Gasteiger charge is 2.19. The number of H-pyrrole nitrogens is 1. The number of benzene rings is 1. The standard InChI is InChI=1S/C12H12FN3O4/c1-20-9(12(18)19)4-14-11(17)7-2-6(13)3-8-10(7)16-5-15-8/h2-3,5,9H,4H2,1H3,(H,14,17)(H,15,16)(H,18,19). The van der Waals surface area contributed by atoms with E-state index in [0.29, 0.717) is 11.0 Å². The second-order valence-corrected chi connectivity index (χ2v) is 4.02. The number of rotatable bonds is 5. The zero-order chi connectivity index (χ0) is 14.7. The Morgan fingerprint density at radius 3 is 2.95 bits per heavy atom. The molecule has 0 aliphatic heterocycles. The van der Waals surface area contributed by atoms with E-state index in [1.165, 1.54) is 19.5 Å². The van der Waals surface area contributed by atoms with Crippen molar-refractivity contribution in [3.63, 3.8) is 0 Å². The summed E-state index contributed by atoms with van der Waals surface area (Å²) in [5.74, 6) is -2.41. The van der Waals surface area contributed by atoms with Crippen molar-refractivity contribution in [2.24, 2.45) is 0 Å². The minimum atomic E-state index is -1.20. The molecule has 106 valence electrons. The summed E-state index contributed by atoms with van der Waals surface area (Å²) in [5, 5.41) is 11.2. The van der Waals surface area contributed by atoms with Crippen molar-refractivity contribution < 1.29 is 23.8 Å². The molecule has 0 aliphatic rings. The Bertz CT molecular complexity index is 655. The molecule has 1 heterocycles. The van der Waals surface area contributed by atoms with Crippen LogP contribution in [0, 0.1) is 5.82 Å². The van der Waals surface area contributed by atoms with Crippen molar-refractivity contribution in [3.05, 3.63) is 29.8 Å². The number of carbonyl (C=O) groups excluding carboxylic acids is 1. The van der Waals surface area contributed by atoms with Gasteiger partial charge < -0.3 is 20.1 Å². The first-order valence-electron chi connectivity index (χ1n) is 5.69. The quantitative estimate of drug-likeness (QED) is 0.741. The number of amides is 1. The number of halogens is 1. The molecule has 3 N–H and O–H groups in total. The molecule has 7 nitrogen and oxygen atoms in total. The van der Waals surface area contributed by atoms with Crippen LogP contribution >= 0.6 is 0 Å². The smallest absolute Gasteiger partial charge is 0.334 e. The van der Waals surface area contributed by atoms with Gasteiger partial charge in [-0.1, -0.05) is 0 Å². The molecule has 0 saturated carbocycles. The van der Waals surface area contributed by atoms with Gasteiger partial charge in [0.15, 0.2) is 6.10 Å². The maximum Gasteiger partial charge on any atom is 0.334 e. The van der Waals surface area contributed by atoms with Gasteiger partial charge in [-0.25, -0.2) is 14.2 Å². The minimum absolute atomic E-state index is 0.0292. The highest BCUT2D eigenvalue weighted by Crippen LogP contribution is 2.17. The Morgan fingerprint density at radius 2 is 2.30 bits per heavy atom. The lowest BCUT2D eigenvalue weighted by Gasteiger charge is -2.11. The molecular formula is C12H12FN3O4. The van der Waals surface area contributed by atoms with Crippen molar-refractivity contribution in [1.82, 2.24) is 15.3 Å². The largest absolute Gasteiger partial charge is 0.479 e. The molecule has 1 amide bonds. The highest BCUT2D eigenvalue weighted by molar-refractivity contribution is 6.04. The average molecular weight is 281 g/mol. The van der Waals surface area contributed by atoms with Gasteiger partial charge in [-0.05, 0) is 12.1 Å². The van der Waals surface area contributed by atoms with E-state index in [0.717, 1.165) is 6.07 Å². The van der Waals surface area contributed by atoms with Gasteiger partial charge in [0.2, 0.25) is 0 Å². The van der Waals surface area contributed by atoms with Gasteiger partial charge >= 0.3 is 5.97 Å². The van der Waals surface area contributed by atoms with Crippen LogP contribution < -0.4 is 5.32 Å². The van der Waals surface area contributed by atoms with Crippen molar-refractivity contribution in [2.45, 2.75) is 6.10 Å². The van der Waals surface area contributed by atoms with Gasteiger partial charge in [0.1, 0.15) is 11.3 Å². The number of carboxylic acids is 1. The summed E-state index contributed by atoms with van der Waals surface area (Å²) in [6.45, 7) is -0.229. The number of aromatic amines is 1. The number of aliphatic carboxylic acids is 1. The number of ether oxygens (including phenoxy) is 1. The number of nitrogens with zero attached hydrogens (tertiary/aromatic N) is 1.